The smallest absolute Gasteiger partial charge is 0.0149 e. The van der Waals surface area contributed by atoms with E-state index in [9.17, 15) is 0 Å². The summed E-state index contributed by atoms with van der Waals surface area (Å²) in [7, 11) is 0. The molecule has 19 heavy (non-hydrogen) atoms. The third-order valence-electron chi connectivity index (χ3n) is 3.66. The number of aryl methyl sites for hydroxylation is 3. The fraction of sp³-hybridized carbons (Fsp3) is 0.368. The van der Waals surface area contributed by atoms with Gasteiger partial charge in [-0.2, -0.15) is 0 Å². The SMILES string of the molecule is CCCc1ccc(-c2ccccc2CCC)c(C)c1. The molecule has 0 aliphatic rings. The Labute approximate surface area is 117 Å². The van der Waals surface area contributed by atoms with Crippen molar-refractivity contribution in [3.8, 4) is 11.1 Å². The summed E-state index contributed by atoms with van der Waals surface area (Å²) < 4.78 is 0. The normalized spacial score (nSPS) is 10.7. The summed E-state index contributed by atoms with van der Waals surface area (Å²) in [5.74, 6) is 0. The van der Waals surface area contributed by atoms with Gasteiger partial charge in [0.1, 0.15) is 0 Å². The fourth-order valence-electron chi connectivity index (χ4n) is 2.74. The van der Waals surface area contributed by atoms with Crippen LogP contribution in [0.3, 0.4) is 0 Å². The molecule has 0 saturated carbocycles. The first-order chi connectivity index (χ1) is 9.26. The molecular weight excluding hydrogens is 228 g/mol. The van der Waals surface area contributed by atoms with Crippen molar-refractivity contribution in [1.82, 2.24) is 0 Å². The Hall–Kier alpha value is -1.56. The van der Waals surface area contributed by atoms with E-state index in [-0.39, 0.29) is 0 Å². The van der Waals surface area contributed by atoms with Gasteiger partial charge in [-0.05, 0) is 47.6 Å². The predicted molar refractivity (Wildman–Crippen MR) is 84.6 cm³/mol. The Morgan fingerprint density at radius 3 is 2.21 bits per heavy atom. The molecule has 100 valence electrons. The molecule has 0 bridgehead atoms. The van der Waals surface area contributed by atoms with E-state index in [1.54, 1.807) is 0 Å². The maximum absolute atomic E-state index is 2.35. The Balaban J connectivity index is 2.41. The van der Waals surface area contributed by atoms with Crippen molar-refractivity contribution in [2.75, 3.05) is 0 Å². The first kappa shape index (κ1) is 13.9. The Morgan fingerprint density at radius 1 is 0.789 bits per heavy atom. The van der Waals surface area contributed by atoms with Crippen LogP contribution in [0.4, 0.5) is 0 Å². The maximum atomic E-state index is 2.35. The average Bonchev–Trinajstić information content (AvgIpc) is 2.41. The van der Waals surface area contributed by atoms with Crippen molar-refractivity contribution in [2.45, 2.75) is 46.5 Å². The van der Waals surface area contributed by atoms with Gasteiger partial charge < -0.3 is 0 Å². The Morgan fingerprint density at radius 2 is 1.53 bits per heavy atom. The summed E-state index contributed by atoms with van der Waals surface area (Å²) in [6.07, 6.45) is 4.75. The lowest BCUT2D eigenvalue weighted by molar-refractivity contribution is 0.918. The van der Waals surface area contributed by atoms with Crippen LogP contribution in [0.15, 0.2) is 42.5 Å². The maximum Gasteiger partial charge on any atom is -0.0149 e. The Bertz CT molecular complexity index is 537. The number of hydrogen-bond acceptors (Lipinski definition) is 0. The number of rotatable bonds is 5. The highest BCUT2D eigenvalue weighted by molar-refractivity contribution is 5.71. The molecule has 2 rings (SSSR count). The second kappa shape index (κ2) is 6.56. The van der Waals surface area contributed by atoms with Gasteiger partial charge in [0.05, 0.1) is 0 Å². The molecule has 0 aliphatic heterocycles. The van der Waals surface area contributed by atoms with Gasteiger partial charge in [0.2, 0.25) is 0 Å². The lowest BCUT2D eigenvalue weighted by Gasteiger charge is -2.13. The van der Waals surface area contributed by atoms with Gasteiger partial charge in [0, 0.05) is 0 Å². The molecule has 0 atom stereocenters. The molecule has 0 unspecified atom stereocenters. The van der Waals surface area contributed by atoms with Crippen molar-refractivity contribution in [1.29, 1.82) is 0 Å². The van der Waals surface area contributed by atoms with Crippen LogP contribution >= 0.6 is 0 Å². The molecule has 0 aliphatic carbocycles. The summed E-state index contributed by atoms with van der Waals surface area (Å²) >= 11 is 0. The lowest BCUT2D eigenvalue weighted by atomic mass is 9.92. The van der Waals surface area contributed by atoms with E-state index in [2.05, 4.69) is 63.2 Å². The van der Waals surface area contributed by atoms with Gasteiger partial charge in [0.25, 0.3) is 0 Å². The van der Waals surface area contributed by atoms with Crippen molar-refractivity contribution in [3.05, 3.63) is 59.2 Å². The highest BCUT2D eigenvalue weighted by atomic mass is 14.1. The van der Waals surface area contributed by atoms with Crippen LogP contribution in [0.1, 0.15) is 43.4 Å². The first-order valence-corrected chi connectivity index (χ1v) is 7.44. The van der Waals surface area contributed by atoms with Crippen molar-refractivity contribution < 1.29 is 0 Å². The van der Waals surface area contributed by atoms with E-state index in [1.165, 1.54) is 47.1 Å². The van der Waals surface area contributed by atoms with Crippen LogP contribution in [-0.4, -0.2) is 0 Å². The third kappa shape index (κ3) is 3.26. The van der Waals surface area contributed by atoms with Crippen LogP contribution < -0.4 is 0 Å². The summed E-state index contributed by atoms with van der Waals surface area (Å²) in [6, 6.07) is 15.7. The highest BCUT2D eigenvalue weighted by Gasteiger charge is 2.07. The van der Waals surface area contributed by atoms with E-state index in [0.29, 0.717) is 0 Å². The molecule has 0 heterocycles. The zero-order chi connectivity index (χ0) is 13.7. The highest BCUT2D eigenvalue weighted by Crippen LogP contribution is 2.28. The zero-order valence-electron chi connectivity index (χ0n) is 12.4. The molecule has 0 aromatic heterocycles. The average molecular weight is 252 g/mol. The van der Waals surface area contributed by atoms with Crippen LogP contribution in [0.25, 0.3) is 11.1 Å². The lowest BCUT2D eigenvalue weighted by Crippen LogP contribution is -1.93. The van der Waals surface area contributed by atoms with Gasteiger partial charge in [-0.1, -0.05) is 69.2 Å². The number of benzene rings is 2. The molecule has 0 amide bonds. The fourth-order valence-corrected chi connectivity index (χ4v) is 2.74. The minimum absolute atomic E-state index is 1.16. The van der Waals surface area contributed by atoms with Crippen LogP contribution in [0.2, 0.25) is 0 Å². The molecular formula is C19H24. The molecule has 0 N–H and O–H groups in total. The van der Waals surface area contributed by atoms with Crippen molar-refractivity contribution in [2.24, 2.45) is 0 Å². The van der Waals surface area contributed by atoms with Crippen LogP contribution in [0.5, 0.6) is 0 Å². The Kier molecular flexibility index (Phi) is 4.79. The standard InChI is InChI=1S/C19H24/c1-4-8-16-12-13-18(15(3)14-16)19-11-7-6-10-17(19)9-5-2/h6-7,10-14H,4-5,8-9H2,1-3H3. The first-order valence-electron chi connectivity index (χ1n) is 7.44. The summed E-state index contributed by atoms with van der Waals surface area (Å²) in [6.45, 7) is 6.71. The quantitative estimate of drug-likeness (QED) is 0.653. The minimum Gasteiger partial charge on any atom is -0.0651 e. The van der Waals surface area contributed by atoms with E-state index >= 15 is 0 Å². The van der Waals surface area contributed by atoms with E-state index in [1.807, 2.05) is 0 Å². The van der Waals surface area contributed by atoms with Crippen LogP contribution in [-0.2, 0) is 12.8 Å². The number of hydrogen-bond donors (Lipinski definition) is 0. The molecule has 2 aromatic rings. The van der Waals surface area contributed by atoms with E-state index < -0.39 is 0 Å². The summed E-state index contributed by atoms with van der Waals surface area (Å²) in [5, 5.41) is 0. The van der Waals surface area contributed by atoms with Crippen molar-refractivity contribution in [3.63, 3.8) is 0 Å². The molecule has 0 spiro atoms. The monoisotopic (exact) mass is 252 g/mol. The third-order valence-corrected chi connectivity index (χ3v) is 3.66. The molecule has 0 saturated heterocycles. The van der Waals surface area contributed by atoms with Gasteiger partial charge in [-0.25, -0.2) is 0 Å². The summed E-state index contributed by atoms with van der Waals surface area (Å²) in [5.41, 5.74) is 7.12. The van der Waals surface area contributed by atoms with Gasteiger partial charge in [-0.15, -0.1) is 0 Å². The second-order valence-corrected chi connectivity index (χ2v) is 5.31. The topological polar surface area (TPSA) is 0 Å². The molecule has 0 heteroatoms. The minimum atomic E-state index is 1.16. The second-order valence-electron chi connectivity index (χ2n) is 5.31. The van der Waals surface area contributed by atoms with Gasteiger partial charge in [-0.3, -0.25) is 0 Å². The van der Waals surface area contributed by atoms with Crippen LogP contribution in [0, 0.1) is 6.92 Å². The van der Waals surface area contributed by atoms with Crippen molar-refractivity contribution >= 4 is 0 Å². The van der Waals surface area contributed by atoms with E-state index in [0.717, 1.165) is 6.42 Å². The molecule has 2 aromatic carbocycles. The summed E-state index contributed by atoms with van der Waals surface area (Å²) in [4.78, 5) is 0. The molecule has 0 radical (unpaired) electrons. The van der Waals surface area contributed by atoms with Gasteiger partial charge >= 0.3 is 0 Å². The largest absolute Gasteiger partial charge is 0.0651 e. The molecule has 0 fully saturated rings. The zero-order valence-corrected chi connectivity index (χ0v) is 12.4. The van der Waals surface area contributed by atoms with Gasteiger partial charge in [0.15, 0.2) is 0 Å². The predicted octanol–water partition coefficient (Wildman–Crippen LogP) is 5.57. The van der Waals surface area contributed by atoms with E-state index in [4.69, 9.17) is 0 Å². The molecule has 0 nitrogen and oxygen atoms in total.